The Morgan fingerprint density at radius 1 is 1.67 bits per heavy atom. The van der Waals surface area contributed by atoms with Crippen molar-refractivity contribution in [3.63, 3.8) is 0 Å². The van der Waals surface area contributed by atoms with E-state index in [1.807, 2.05) is 7.05 Å². The van der Waals surface area contributed by atoms with Gasteiger partial charge in [0.05, 0.1) is 11.3 Å². The van der Waals surface area contributed by atoms with Crippen molar-refractivity contribution in [2.24, 2.45) is 0 Å². The van der Waals surface area contributed by atoms with Crippen molar-refractivity contribution < 1.29 is 10.0 Å². The van der Waals surface area contributed by atoms with Crippen LogP contribution in [0.25, 0.3) is 0 Å². The molecule has 1 aromatic rings. The SMILES string of the molecule is CN1CCc2cc(C(=O)NO)cnc2C1. The molecule has 0 atom stereocenters. The molecule has 0 unspecified atom stereocenters. The van der Waals surface area contributed by atoms with Crippen LogP contribution in [0.4, 0.5) is 0 Å². The summed E-state index contributed by atoms with van der Waals surface area (Å²) in [5.74, 6) is -0.510. The van der Waals surface area contributed by atoms with Crippen LogP contribution in [-0.4, -0.2) is 34.6 Å². The maximum Gasteiger partial charge on any atom is 0.276 e. The summed E-state index contributed by atoms with van der Waals surface area (Å²) in [5.41, 5.74) is 4.12. The number of fused-ring (bicyclic) bond motifs is 1. The van der Waals surface area contributed by atoms with Gasteiger partial charge in [-0.3, -0.25) is 15.0 Å². The molecule has 1 aliphatic rings. The van der Waals surface area contributed by atoms with Crippen molar-refractivity contribution in [2.75, 3.05) is 13.6 Å². The first-order valence-electron chi connectivity index (χ1n) is 4.81. The van der Waals surface area contributed by atoms with Crippen LogP contribution in [0.5, 0.6) is 0 Å². The summed E-state index contributed by atoms with van der Waals surface area (Å²) in [6.07, 6.45) is 2.38. The first-order chi connectivity index (χ1) is 7.20. The number of carbonyl (C=O) groups excluding carboxylic acids is 1. The van der Waals surface area contributed by atoms with Crippen LogP contribution in [0.3, 0.4) is 0 Å². The lowest BCUT2D eigenvalue weighted by molar-refractivity contribution is 0.0705. The van der Waals surface area contributed by atoms with E-state index in [0.717, 1.165) is 30.8 Å². The zero-order chi connectivity index (χ0) is 10.8. The Morgan fingerprint density at radius 3 is 3.20 bits per heavy atom. The molecule has 0 saturated heterocycles. The highest BCUT2D eigenvalue weighted by molar-refractivity contribution is 5.93. The second-order valence-electron chi connectivity index (χ2n) is 3.76. The molecule has 80 valence electrons. The third-order valence-corrected chi connectivity index (χ3v) is 2.61. The van der Waals surface area contributed by atoms with Gasteiger partial charge in [0.25, 0.3) is 5.91 Å². The van der Waals surface area contributed by atoms with Crippen molar-refractivity contribution >= 4 is 5.91 Å². The van der Waals surface area contributed by atoms with Gasteiger partial charge in [-0.15, -0.1) is 0 Å². The number of rotatable bonds is 1. The zero-order valence-electron chi connectivity index (χ0n) is 8.53. The van der Waals surface area contributed by atoms with Crippen LogP contribution >= 0.6 is 0 Å². The number of aromatic nitrogens is 1. The largest absolute Gasteiger partial charge is 0.300 e. The molecule has 2 rings (SSSR count). The van der Waals surface area contributed by atoms with Crippen LogP contribution in [-0.2, 0) is 13.0 Å². The molecule has 15 heavy (non-hydrogen) atoms. The molecule has 5 nitrogen and oxygen atoms in total. The monoisotopic (exact) mass is 207 g/mol. The van der Waals surface area contributed by atoms with E-state index >= 15 is 0 Å². The maximum absolute atomic E-state index is 11.2. The van der Waals surface area contributed by atoms with E-state index in [-0.39, 0.29) is 0 Å². The van der Waals surface area contributed by atoms with Crippen LogP contribution in [0.2, 0.25) is 0 Å². The van der Waals surface area contributed by atoms with Crippen molar-refractivity contribution in [3.8, 4) is 0 Å². The Balaban J connectivity index is 2.30. The molecule has 0 saturated carbocycles. The molecular formula is C10H13N3O2. The van der Waals surface area contributed by atoms with Crippen molar-refractivity contribution in [1.29, 1.82) is 0 Å². The van der Waals surface area contributed by atoms with Gasteiger partial charge in [0.2, 0.25) is 0 Å². The van der Waals surface area contributed by atoms with Crippen molar-refractivity contribution in [2.45, 2.75) is 13.0 Å². The van der Waals surface area contributed by atoms with Gasteiger partial charge in [-0.1, -0.05) is 0 Å². The summed E-state index contributed by atoms with van der Waals surface area (Å²) in [6, 6.07) is 1.79. The lowest BCUT2D eigenvalue weighted by Gasteiger charge is -2.24. The molecule has 2 heterocycles. The number of hydrogen-bond donors (Lipinski definition) is 2. The smallest absolute Gasteiger partial charge is 0.276 e. The fraction of sp³-hybridized carbons (Fsp3) is 0.400. The highest BCUT2D eigenvalue weighted by Gasteiger charge is 2.16. The molecule has 1 aromatic heterocycles. The Labute approximate surface area is 87.7 Å². The van der Waals surface area contributed by atoms with Crippen LogP contribution in [0.1, 0.15) is 21.6 Å². The minimum absolute atomic E-state index is 0.404. The summed E-state index contributed by atoms with van der Waals surface area (Å²) < 4.78 is 0. The average Bonchev–Trinajstić information content (AvgIpc) is 2.27. The number of hydroxylamine groups is 1. The Kier molecular flexibility index (Phi) is 2.66. The normalized spacial score (nSPS) is 15.9. The van der Waals surface area contributed by atoms with E-state index in [0.29, 0.717) is 5.56 Å². The Hall–Kier alpha value is -1.46. The highest BCUT2D eigenvalue weighted by atomic mass is 16.5. The Bertz CT molecular complexity index is 392. The van der Waals surface area contributed by atoms with Gasteiger partial charge in [-0.05, 0) is 25.1 Å². The number of nitrogens with one attached hydrogen (secondary N) is 1. The maximum atomic E-state index is 11.2. The fourth-order valence-corrected chi connectivity index (χ4v) is 1.73. The summed E-state index contributed by atoms with van der Waals surface area (Å²) in [6.45, 7) is 1.79. The number of pyridine rings is 1. The minimum atomic E-state index is -0.510. The number of likely N-dealkylation sites (N-methyl/N-ethyl adjacent to an activating group) is 1. The molecule has 0 fully saturated rings. The molecule has 1 amide bonds. The van der Waals surface area contributed by atoms with Crippen LogP contribution < -0.4 is 5.48 Å². The minimum Gasteiger partial charge on any atom is -0.300 e. The summed E-state index contributed by atoms with van der Waals surface area (Å²) in [7, 11) is 2.04. The summed E-state index contributed by atoms with van der Waals surface area (Å²) >= 11 is 0. The molecule has 0 bridgehead atoms. The van der Waals surface area contributed by atoms with Crippen molar-refractivity contribution in [1.82, 2.24) is 15.4 Å². The lowest BCUT2D eigenvalue weighted by atomic mass is 10.0. The number of hydrogen-bond acceptors (Lipinski definition) is 4. The molecule has 2 N–H and O–H groups in total. The second kappa shape index (κ2) is 3.96. The van der Waals surface area contributed by atoms with Crippen LogP contribution in [0, 0.1) is 0 Å². The predicted octanol–water partition coefficient (Wildman–Crippen LogP) is 0.188. The molecule has 0 aliphatic carbocycles. The quantitative estimate of drug-likeness (QED) is 0.509. The predicted molar refractivity (Wildman–Crippen MR) is 53.5 cm³/mol. The number of carbonyl (C=O) groups is 1. The molecule has 1 aliphatic heterocycles. The number of nitrogens with zero attached hydrogens (tertiary/aromatic N) is 2. The Morgan fingerprint density at radius 2 is 2.47 bits per heavy atom. The first-order valence-corrected chi connectivity index (χ1v) is 4.81. The molecule has 0 aromatic carbocycles. The van der Waals surface area contributed by atoms with Gasteiger partial charge in [0, 0.05) is 19.3 Å². The van der Waals surface area contributed by atoms with Crippen LogP contribution in [0.15, 0.2) is 12.3 Å². The zero-order valence-corrected chi connectivity index (χ0v) is 8.53. The summed E-state index contributed by atoms with van der Waals surface area (Å²) in [5, 5.41) is 8.50. The van der Waals surface area contributed by atoms with Gasteiger partial charge in [0.1, 0.15) is 0 Å². The van der Waals surface area contributed by atoms with E-state index in [2.05, 4.69) is 9.88 Å². The summed E-state index contributed by atoms with van der Waals surface area (Å²) in [4.78, 5) is 17.6. The fourth-order valence-electron chi connectivity index (χ4n) is 1.73. The number of amides is 1. The van der Waals surface area contributed by atoms with Gasteiger partial charge >= 0.3 is 0 Å². The standard InChI is InChI=1S/C10H13N3O2/c1-13-3-2-7-4-8(10(14)12-15)5-11-9(7)6-13/h4-5,15H,2-3,6H2,1H3,(H,12,14). The average molecular weight is 207 g/mol. The van der Waals surface area contributed by atoms with Gasteiger partial charge in [-0.25, -0.2) is 5.48 Å². The topological polar surface area (TPSA) is 65.5 Å². The molecule has 0 radical (unpaired) electrons. The van der Waals surface area contributed by atoms with Gasteiger partial charge in [0.15, 0.2) is 0 Å². The molecular weight excluding hydrogens is 194 g/mol. The van der Waals surface area contributed by atoms with E-state index in [1.165, 1.54) is 6.20 Å². The van der Waals surface area contributed by atoms with E-state index < -0.39 is 5.91 Å². The molecule has 5 heteroatoms. The molecule has 0 spiro atoms. The van der Waals surface area contributed by atoms with E-state index in [9.17, 15) is 4.79 Å². The van der Waals surface area contributed by atoms with Gasteiger partial charge < -0.3 is 4.90 Å². The lowest BCUT2D eigenvalue weighted by Crippen LogP contribution is -2.28. The third-order valence-electron chi connectivity index (χ3n) is 2.61. The van der Waals surface area contributed by atoms with Crippen molar-refractivity contribution in [3.05, 3.63) is 29.1 Å². The van der Waals surface area contributed by atoms with E-state index in [4.69, 9.17) is 5.21 Å². The first kappa shape index (κ1) is 10.1. The van der Waals surface area contributed by atoms with Gasteiger partial charge in [-0.2, -0.15) is 0 Å². The van der Waals surface area contributed by atoms with E-state index in [1.54, 1.807) is 11.5 Å². The highest BCUT2D eigenvalue weighted by Crippen LogP contribution is 2.16. The third kappa shape index (κ3) is 1.98. The second-order valence-corrected chi connectivity index (χ2v) is 3.76.